The average molecular weight is 308 g/mol. The van der Waals surface area contributed by atoms with Crippen molar-refractivity contribution in [3.8, 4) is 0 Å². The number of H-pyrrole nitrogens is 1. The third-order valence-corrected chi connectivity index (χ3v) is 3.43. The lowest BCUT2D eigenvalue weighted by Gasteiger charge is -2.25. The number of ether oxygens (including phenoxy) is 1. The van der Waals surface area contributed by atoms with E-state index in [4.69, 9.17) is 16.0 Å². The van der Waals surface area contributed by atoms with Crippen LogP contribution in [0.3, 0.4) is 0 Å². The zero-order valence-electron chi connectivity index (χ0n) is 11.1. The van der Waals surface area contributed by atoms with Gasteiger partial charge in [-0.05, 0) is 10.6 Å². The van der Waals surface area contributed by atoms with Crippen molar-refractivity contribution in [3.63, 3.8) is 0 Å². The van der Waals surface area contributed by atoms with Gasteiger partial charge in [0.05, 0.1) is 19.0 Å². The van der Waals surface area contributed by atoms with Gasteiger partial charge in [0.1, 0.15) is 6.10 Å². The lowest BCUT2D eigenvalue weighted by atomic mass is 10.1. The molecule has 2 aromatic heterocycles. The van der Waals surface area contributed by atoms with Crippen LogP contribution >= 0.6 is 0 Å². The first-order chi connectivity index (χ1) is 10.5. The van der Waals surface area contributed by atoms with Crippen molar-refractivity contribution < 1.29 is 14.9 Å². The molecule has 3 heterocycles. The summed E-state index contributed by atoms with van der Waals surface area (Å²) in [6, 6.07) is 0. The van der Waals surface area contributed by atoms with Gasteiger partial charge >= 0.3 is 0 Å². The number of nitrogens with zero attached hydrogens (tertiary/aromatic N) is 6. The second-order valence-electron chi connectivity index (χ2n) is 4.78. The van der Waals surface area contributed by atoms with E-state index in [1.807, 2.05) is 0 Å². The van der Waals surface area contributed by atoms with E-state index in [-0.39, 0.29) is 23.5 Å². The fourth-order valence-corrected chi connectivity index (χ4v) is 2.45. The highest BCUT2D eigenvalue weighted by molar-refractivity contribution is 5.70. The molecule has 5 N–H and O–H groups in total. The molecule has 22 heavy (non-hydrogen) atoms. The lowest BCUT2D eigenvalue weighted by molar-refractivity contribution is -0.111. The SMILES string of the molecule is [N-]=[N+]=N[C@]1(n2cnc3c(=O)[nH]c(N)nc32)C[C@H](O)[C@@H](CO)O1. The number of nitrogens with two attached hydrogens (primary N) is 1. The van der Waals surface area contributed by atoms with E-state index in [1.165, 1.54) is 10.9 Å². The Kier molecular flexibility index (Phi) is 3.22. The van der Waals surface area contributed by atoms with Gasteiger partial charge in [0.15, 0.2) is 11.2 Å². The third kappa shape index (κ3) is 1.98. The third-order valence-electron chi connectivity index (χ3n) is 3.43. The number of imidazole rings is 1. The van der Waals surface area contributed by atoms with Gasteiger partial charge in [0, 0.05) is 11.3 Å². The van der Waals surface area contributed by atoms with Crippen LogP contribution < -0.4 is 11.3 Å². The number of aliphatic hydroxyl groups is 2. The number of fused-ring (bicyclic) bond motifs is 1. The van der Waals surface area contributed by atoms with Crippen LogP contribution in [0.5, 0.6) is 0 Å². The summed E-state index contributed by atoms with van der Waals surface area (Å²) < 4.78 is 6.71. The number of aromatic nitrogens is 4. The van der Waals surface area contributed by atoms with Crippen LogP contribution in [0, 0.1) is 0 Å². The van der Waals surface area contributed by atoms with Crippen molar-refractivity contribution in [3.05, 3.63) is 27.1 Å². The Hall–Kier alpha value is -2.66. The van der Waals surface area contributed by atoms with Gasteiger partial charge in [-0.1, -0.05) is 0 Å². The summed E-state index contributed by atoms with van der Waals surface area (Å²) in [5, 5.41) is 22.7. The molecule has 1 saturated heterocycles. The maximum atomic E-state index is 11.8. The zero-order valence-corrected chi connectivity index (χ0v) is 11.1. The van der Waals surface area contributed by atoms with Crippen LogP contribution in [-0.2, 0) is 10.6 Å². The Bertz CT molecular complexity index is 824. The second-order valence-corrected chi connectivity index (χ2v) is 4.78. The van der Waals surface area contributed by atoms with Crippen LogP contribution in [0.4, 0.5) is 5.95 Å². The highest BCUT2D eigenvalue weighted by atomic mass is 16.6. The molecular weight excluding hydrogens is 296 g/mol. The van der Waals surface area contributed by atoms with Crippen LogP contribution in [0.1, 0.15) is 6.42 Å². The normalized spacial score (nSPS) is 27.9. The van der Waals surface area contributed by atoms with E-state index in [0.29, 0.717) is 0 Å². The largest absolute Gasteiger partial charge is 0.394 e. The molecule has 1 aliphatic rings. The molecule has 1 fully saturated rings. The van der Waals surface area contributed by atoms with Gasteiger partial charge in [0.2, 0.25) is 11.8 Å². The molecule has 3 atom stereocenters. The number of azide groups is 1. The minimum atomic E-state index is -1.69. The number of hydrogen-bond donors (Lipinski definition) is 4. The number of hydrogen-bond acceptors (Lipinski definition) is 8. The van der Waals surface area contributed by atoms with E-state index >= 15 is 0 Å². The van der Waals surface area contributed by atoms with E-state index < -0.39 is 30.2 Å². The summed E-state index contributed by atoms with van der Waals surface area (Å²) in [6.07, 6.45) is -0.940. The van der Waals surface area contributed by atoms with Crippen molar-refractivity contribution in [2.75, 3.05) is 12.3 Å². The molecule has 2 aromatic rings. The number of nitrogen functional groups attached to an aromatic ring is 1. The molecule has 12 heteroatoms. The maximum absolute atomic E-state index is 11.8. The fourth-order valence-electron chi connectivity index (χ4n) is 2.45. The number of aliphatic hydroxyl groups excluding tert-OH is 2. The number of aromatic amines is 1. The monoisotopic (exact) mass is 308 g/mol. The van der Waals surface area contributed by atoms with Gasteiger partial charge in [-0.2, -0.15) is 4.98 Å². The Labute approximate surface area is 121 Å². The fraction of sp³-hybridized carbons (Fsp3) is 0.500. The Morgan fingerprint density at radius 2 is 2.50 bits per heavy atom. The number of nitrogens with one attached hydrogen (secondary N) is 1. The summed E-state index contributed by atoms with van der Waals surface area (Å²) in [6.45, 7) is -0.466. The summed E-state index contributed by atoms with van der Waals surface area (Å²) in [4.78, 5) is 24.7. The van der Waals surface area contributed by atoms with Crippen molar-refractivity contribution in [2.45, 2.75) is 24.5 Å². The van der Waals surface area contributed by atoms with E-state index in [1.54, 1.807) is 0 Å². The molecule has 0 saturated carbocycles. The van der Waals surface area contributed by atoms with Crippen molar-refractivity contribution in [2.24, 2.45) is 5.11 Å². The van der Waals surface area contributed by atoms with E-state index in [0.717, 1.165) is 0 Å². The minimum Gasteiger partial charge on any atom is -0.394 e. The molecule has 3 rings (SSSR count). The van der Waals surface area contributed by atoms with Crippen molar-refractivity contribution >= 4 is 17.1 Å². The highest BCUT2D eigenvalue weighted by Crippen LogP contribution is 2.38. The summed E-state index contributed by atoms with van der Waals surface area (Å²) in [5.74, 6) is -1.84. The quantitative estimate of drug-likeness (QED) is 0.310. The molecule has 116 valence electrons. The van der Waals surface area contributed by atoms with E-state index in [9.17, 15) is 15.0 Å². The second kappa shape index (κ2) is 4.96. The van der Waals surface area contributed by atoms with Crippen LogP contribution in [-0.4, -0.2) is 48.5 Å². The van der Waals surface area contributed by atoms with Crippen molar-refractivity contribution in [1.29, 1.82) is 0 Å². The first kappa shape index (κ1) is 14.3. The molecule has 0 spiro atoms. The average Bonchev–Trinajstić information content (AvgIpc) is 3.01. The molecule has 0 aliphatic carbocycles. The van der Waals surface area contributed by atoms with Gasteiger partial charge < -0.3 is 20.7 Å². The standard InChI is InChI=1S/C10H12N8O4/c11-9-14-7-6(8(21)15-9)13-3-18(7)10(16-17-12)1-4(20)5(2-19)22-10/h3-5,19-20H,1-2H2,(H3,11,14,15,21)/t4-,5+,10-/m0/s1. The molecule has 0 unspecified atom stereocenters. The lowest BCUT2D eigenvalue weighted by Crippen LogP contribution is -2.32. The first-order valence-corrected chi connectivity index (χ1v) is 6.27. The molecule has 0 amide bonds. The molecule has 1 aliphatic heterocycles. The molecule has 0 aromatic carbocycles. The summed E-state index contributed by atoms with van der Waals surface area (Å²) >= 11 is 0. The Balaban J connectivity index is 2.23. The molecular formula is C10H12N8O4. The summed E-state index contributed by atoms with van der Waals surface area (Å²) in [5.41, 5.74) is 13.8. The van der Waals surface area contributed by atoms with Crippen LogP contribution in [0.25, 0.3) is 21.6 Å². The van der Waals surface area contributed by atoms with Gasteiger partial charge in [-0.3, -0.25) is 14.3 Å². The highest BCUT2D eigenvalue weighted by Gasteiger charge is 2.48. The number of rotatable bonds is 3. The first-order valence-electron chi connectivity index (χ1n) is 6.27. The Morgan fingerprint density at radius 1 is 1.73 bits per heavy atom. The van der Waals surface area contributed by atoms with Crippen LogP contribution in [0.15, 0.2) is 16.2 Å². The van der Waals surface area contributed by atoms with Crippen molar-refractivity contribution in [1.82, 2.24) is 19.5 Å². The number of anilines is 1. The predicted molar refractivity (Wildman–Crippen MR) is 72.3 cm³/mol. The minimum absolute atomic E-state index is 0.0211. The smallest absolute Gasteiger partial charge is 0.280 e. The van der Waals surface area contributed by atoms with Gasteiger partial charge in [-0.15, -0.1) is 0 Å². The predicted octanol–water partition coefficient (Wildman–Crippen LogP) is -1.24. The topological polar surface area (TPSA) is 188 Å². The molecule has 0 radical (unpaired) electrons. The summed E-state index contributed by atoms with van der Waals surface area (Å²) in [7, 11) is 0. The molecule has 0 bridgehead atoms. The van der Waals surface area contributed by atoms with Crippen LogP contribution in [0.2, 0.25) is 0 Å². The van der Waals surface area contributed by atoms with E-state index in [2.05, 4.69) is 25.0 Å². The maximum Gasteiger partial charge on any atom is 0.280 e. The van der Waals surface area contributed by atoms with Gasteiger partial charge in [-0.25, -0.2) is 4.98 Å². The zero-order chi connectivity index (χ0) is 15.9. The van der Waals surface area contributed by atoms with Gasteiger partial charge in [0.25, 0.3) is 5.56 Å². The molecule has 12 nitrogen and oxygen atoms in total. The Morgan fingerprint density at radius 3 is 3.14 bits per heavy atom.